The Kier molecular flexibility index (Phi) is 4.11. The SMILES string of the molecule is O=C1NC(=O)C(=Cc2cccc(C=C3C(=O)NC(=O)NC3=O)n2)C(=O)N1. The molecule has 4 N–H and O–H groups in total. The molecular formula is C15H9N5O6. The fourth-order valence-corrected chi connectivity index (χ4v) is 2.14. The van der Waals surface area contributed by atoms with Gasteiger partial charge in [0.1, 0.15) is 11.1 Å². The van der Waals surface area contributed by atoms with Gasteiger partial charge in [-0.05, 0) is 24.3 Å². The summed E-state index contributed by atoms with van der Waals surface area (Å²) < 4.78 is 0. The number of carbonyl (C=O) groups is 6. The maximum absolute atomic E-state index is 11.7. The number of nitrogens with zero attached hydrogens (tertiary/aromatic N) is 1. The zero-order chi connectivity index (χ0) is 18.8. The summed E-state index contributed by atoms with van der Waals surface area (Å²) >= 11 is 0. The lowest BCUT2D eigenvalue weighted by molar-refractivity contribution is -0.125. The maximum Gasteiger partial charge on any atom is 0.328 e. The molecule has 3 rings (SSSR count). The van der Waals surface area contributed by atoms with Crippen molar-refractivity contribution in [3.63, 3.8) is 0 Å². The molecule has 26 heavy (non-hydrogen) atoms. The van der Waals surface area contributed by atoms with Gasteiger partial charge in [-0.15, -0.1) is 0 Å². The van der Waals surface area contributed by atoms with Gasteiger partial charge < -0.3 is 0 Å². The van der Waals surface area contributed by atoms with Crippen LogP contribution in [0.4, 0.5) is 9.59 Å². The molecule has 0 radical (unpaired) electrons. The molecule has 0 aliphatic carbocycles. The number of hydrogen-bond acceptors (Lipinski definition) is 7. The molecule has 0 saturated carbocycles. The second-order valence-corrected chi connectivity index (χ2v) is 5.08. The molecule has 130 valence electrons. The van der Waals surface area contributed by atoms with E-state index in [1.165, 1.54) is 18.2 Å². The third kappa shape index (κ3) is 3.36. The molecule has 1 aromatic heterocycles. The Balaban J connectivity index is 1.92. The smallest absolute Gasteiger partial charge is 0.273 e. The second kappa shape index (κ2) is 6.39. The molecule has 0 spiro atoms. The summed E-state index contributed by atoms with van der Waals surface area (Å²) in [5.41, 5.74) is -0.329. The highest BCUT2D eigenvalue weighted by Gasteiger charge is 2.29. The highest BCUT2D eigenvalue weighted by Crippen LogP contribution is 2.12. The van der Waals surface area contributed by atoms with Crippen molar-refractivity contribution in [2.45, 2.75) is 0 Å². The van der Waals surface area contributed by atoms with Gasteiger partial charge in [-0.3, -0.25) is 40.4 Å². The molecule has 2 aliphatic rings. The Bertz CT molecular complexity index is 844. The lowest BCUT2D eigenvalue weighted by Crippen LogP contribution is -2.51. The number of rotatable bonds is 2. The van der Waals surface area contributed by atoms with Crippen molar-refractivity contribution < 1.29 is 28.8 Å². The number of barbiturate groups is 2. The van der Waals surface area contributed by atoms with E-state index in [4.69, 9.17) is 0 Å². The summed E-state index contributed by atoms with van der Waals surface area (Å²) in [5.74, 6) is -3.52. The Labute approximate surface area is 144 Å². The normalized spacial score (nSPS) is 17.2. The van der Waals surface area contributed by atoms with Crippen LogP contribution in [0.25, 0.3) is 12.2 Å². The second-order valence-electron chi connectivity index (χ2n) is 5.08. The van der Waals surface area contributed by atoms with E-state index in [2.05, 4.69) is 4.98 Å². The number of imide groups is 4. The standard InChI is InChI=1S/C15H9N5O6/c21-10-8(11(22)18-14(25)17-10)4-6-2-1-3-7(16-6)5-9-12(23)19-15(26)20-13(9)24/h1-5H,(H2,17,18,21,22,25)(H2,19,20,23,24,26). The Morgan fingerprint density at radius 1 is 0.615 bits per heavy atom. The highest BCUT2D eigenvalue weighted by molar-refractivity contribution is 6.31. The molecule has 0 aromatic carbocycles. The van der Waals surface area contributed by atoms with Crippen LogP contribution in [0.1, 0.15) is 11.4 Å². The maximum atomic E-state index is 11.7. The van der Waals surface area contributed by atoms with Crippen LogP contribution in [-0.4, -0.2) is 40.7 Å². The predicted molar refractivity (Wildman–Crippen MR) is 83.6 cm³/mol. The summed E-state index contributed by atoms with van der Waals surface area (Å²) in [6.45, 7) is 0. The van der Waals surface area contributed by atoms with Crippen molar-refractivity contribution in [3.05, 3.63) is 40.7 Å². The van der Waals surface area contributed by atoms with Crippen LogP contribution >= 0.6 is 0 Å². The van der Waals surface area contributed by atoms with Gasteiger partial charge in [0.25, 0.3) is 23.6 Å². The quantitative estimate of drug-likeness (QED) is 0.373. The number of aromatic nitrogens is 1. The molecule has 8 amide bonds. The Hall–Kier alpha value is -4.15. The fourth-order valence-electron chi connectivity index (χ4n) is 2.14. The first kappa shape index (κ1) is 16.7. The van der Waals surface area contributed by atoms with Crippen LogP contribution in [-0.2, 0) is 19.2 Å². The summed E-state index contributed by atoms with van der Waals surface area (Å²) in [6.07, 6.45) is 2.29. The molecule has 11 heteroatoms. The van der Waals surface area contributed by atoms with Gasteiger partial charge in [0, 0.05) is 0 Å². The first-order valence-electron chi connectivity index (χ1n) is 7.07. The summed E-state index contributed by atoms with van der Waals surface area (Å²) in [4.78, 5) is 72.9. The molecule has 0 unspecified atom stereocenters. The monoisotopic (exact) mass is 355 g/mol. The van der Waals surface area contributed by atoms with Crippen LogP contribution in [0.3, 0.4) is 0 Å². The van der Waals surface area contributed by atoms with Crippen molar-refractivity contribution >= 4 is 47.8 Å². The number of hydrogen-bond donors (Lipinski definition) is 4. The average molecular weight is 355 g/mol. The van der Waals surface area contributed by atoms with Crippen molar-refractivity contribution in [2.24, 2.45) is 0 Å². The van der Waals surface area contributed by atoms with Crippen LogP contribution in [0.5, 0.6) is 0 Å². The largest absolute Gasteiger partial charge is 0.328 e. The molecule has 2 aliphatic heterocycles. The minimum absolute atomic E-state index is 0.168. The van der Waals surface area contributed by atoms with Crippen molar-refractivity contribution in [1.82, 2.24) is 26.3 Å². The molecule has 0 atom stereocenters. The predicted octanol–water partition coefficient (Wildman–Crippen LogP) is -1.42. The number of urea groups is 2. The van der Waals surface area contributed by atoms with E-state index in [-0.39, 0.29) is 22.5 Å². The van der Waals surface area contributed by atoms with Gasteiger partial charge in [0.05, 0.1) is 11.4 Å². The first-order valence-corrected chi connectivity index (χ1v) is 7.07. The van der Waals surface area contributed by atoms with E-state index in [1.54, 1.807) is 0 Å². The van der Waals surface area contributed by atoms with E-state index in [9.17, 15) is 28.8 Å². The lowest BCUT2D eigenvalue weighted by atomic mass is 10.1. The fraction of sp³-hybridized carbons (Fsp3) is 0. The summed E-state index contributed by atoms with van der Waals surface area (Å²) in [7, 11) is 0. The summed E-state index contributed by atoms with van der Waals surface area (Å²) in [5, 5.41) is 7.68. The topological polar surface area (TPSA) is 163 Å². The Morgan fingerprint density at radius 2 is 0.962 bits per heavy atom. The minimum Gasteiger partial charge on any atom is -0.273 e. The molecule has 3 heterocycles. The van der Waals surface area contributed by atoms with E-state index >= 15 is 0 Å². The minimum atomic E-state index is -0.924. The van der Waals surface area contributed by atoms with E-state index in [1.807, 2.05) is 21.3 Å². The number of carbonyl (C=O) groups excluding carboxylic acids is 6. The average Bonchev–Trinajstić information content (AvgIpc) is 2.55. The van der Waals surface area contributed by atoms with E-state index in [0.29, 0.717) is 0 Å². The molecule has 1 aromatic rings. The van der Waals surface area contributed by atoms with Gasteiger partial charge in [-0.25, -0.2) is 14.6 Å². The van der Waals surface area contributed by atoms with E-state index in [0.717, 1.165) is 12.2 Å². The van der Waals surface area contributed by atoms with E-state index < -0.39 is 35.7 Å². The van der Waals surface area contributed by atoms with Gasteiger partial charge in [-0.1, -0.05) is 6.07 Å². The molecule has 0 bridgehead atoms. The number of nitrogens with one attached hydrogen (secondary N) is 4. The third-order valence-corrected chi connectivity index (χ3v) is 3.26. The van der Waals surface area contributed by atoms with Gasteiger partial charge in [-0.2, -0.15) is 0 Å². The zero-order valence-corrected chi connectivity index (χ0v) is 12.8. The molecule has 2 fully saturated rings. The van der Waals surface area contributed by atoms with Crippen molar-refractivity contribution in [2.75, 3.05) is 0 Å². The van der Waals surface area contributed by atoms with Crippen LogP contribution in [0, 0.1) is 0 Å². The van der Waals surface area contributed by atoms with Crippen molar-refractivity contribution in [1.29, 1.82) is 0 Å². The molecular weight excluding hydrogens is 346 g/mol. The number of pyridine rings is 1. The van der Waals surface area contributed by atoms with Crippen LogP contribution in [0.15, 0.2) is 29.3 Å². The highest BCUT2D eigenvalue weighted by atomic mass is 16.2. The van der Waals surface area contributed by atoms with Gasteiger partial charge in [0.15, 0.2) is 0 Å². The van der Waals surface area contributed by atoms with Crippen LogP contribution < -0.4 is 21.3 Å². The molecule has 11 nitrogen and oxygen atoms in total. The summed E-state index contributed by atoms with van der Waals surface area (Å²) in [6, 6.07) is 2.60. The number of amides is 8. The zero-order valence-electron chi connectivity index (χ0n) is 12.8. The van der Waals surface area contributed by atoms with Gasteiger partial charge >= 0.3 is 12.1 Å². The third-order valence-electron chi connectivity index (χ3n) is 3.26. The lowest BCUT2D eigenvalue weighted by Gasteiger charge is -2.14. The van der Waals surface area contributed by atoms with Crippen LogP contribution in [0.2, 0.25) is 0 Å². The Morgan fingerprint density at radius 3 is 1.31 bits per heavy atom. The molecule has 2 saturated heterocycles. The van der Waals surface area contributed by atoms with Crippen molar-refractivity contribution in [3.8, 4) is 0 Å². The van der Waals surface area contributed by atoms with Gasteiger partial charge in [0.2, 0.25) is 0 Å². The first-order chi connectivity index (χ1) is 12.3.